The Hall–Kier alpha value is -1.48. The van der Waals surface area contributed by atoms with Crippen LogP contribution in [0.15, 0.2) is 22.6 Å². The first-order chi connectivity index (χ1) is 7.20. The number of rotatable bonds is 3. The fourth-order valence-corrected chi connectivity index (χ4v) is 1.69. The molecule has 0 spiro atoms. The summed E-state index contributed by atoms with van der Waals surface area (Å²) in [4.78, 5) is 3.33. The van der Waals surface area contributed by atoms with Gasteiger partial charge in [-0.05, 0) is 44.7 Å². The Kier molecular flexibility index (Phi) is 2.64. The Balaban J connectivity index is 2.33. The molecule has 0 aromatic carbocycles. The van der Waals surface area contributed by atoms with Crippen LogP contribution in [0, 0.1) is 13.8 Å². The molecule has 3 nitrogen and oxygen atoms in total. The summed E-state index contributed by atoms with van der Waals surface area (Å²) in [6.07, 6.45) is 0. The van der Waals surface area contributed by atoms with Gasteiger partial charge < -0.3 is 14.7 Å². The van der Waals surface area contributed by atoms with Gasteiger partial charge in [-0.25, -0.2) is 0 Å². The van der Waals surface area contributed by atoms with Gasteiger partial charge >= 0.3 is 0 Å². The zero-order chi connectivity index (χ0) is 10.8. The van der Waals surface area contributed by atoms with Gasteiger partial charge in [0.05, 0.1) is 5.69 Å². The number of furan rings is 1. The van der Waals surface area contributed by atoms with Crippen LogP contribution in [0.2, 0.25) is 0 Å². The minimum atomic E-state index is 0.877. The summed E-state index contributed by atoms with van der Waals surface area (Å²) in [7, 11) is 1.95. The van der Waals surface area contributed by atoms with Gasteiger partial charge in [0, 0.05) is 12.2 Å². The first kappa shape index (κ1) is 10.1. The maximum atomic E-state index is 5.56. The van der Waals surface area contributed by atoms with Crippen LogP contribution in [0.5, 0.6) is 0 Å². The fourth-order valence-electron chi connectivity index (χ4n) is 1.69. The van der Waals surface area contributed by atoms with E-state index < -0.39 is 0 Å². The molecule has 0 amide bonds. The van der Waals surface area contributed by atoms with Gasteiger partial charge in [-0.2, -0.15) is 0 Å². The zero-order valence-electron chi connectivity index (χ0n) is 9.35. The molecule has 0 unspecified atom stereocenters. The maximum absolute atomic E-state index is 5.56. The standard InChI is InChI=1S/C12H16N2O/c1-8-4-5-12(15-8)11-6-10(7-13-3)9(2)14-11/h4-6,13-14H,7H2,1-3H3. The van der Waals surface area contributed by atoms with Crippen LogP contribution in [-0.4, -0.2) is 12.0 Å². The predicted octanol–water partition coefficient (Wildman–Crippen LogP) is 2.61. The van der Waals surface area contributed by atoms with E-state index in [0.717, 1.165) is 23.8 Å². The average Bonchev–Trinajstić information content (AvgIpc) is 2.75. The number of aryl methyl sites for hydroxylation is 2. The van der Waals surface area contributed by atoms with Crippen LogP contribution >= 0.6 is 0 Å². The number of hydrogen-bond acceptors (Lipinski definition) is 2. The molecule has 0 aliphatic carbocycles. The second kappa shape index (κ2) is 3.95. The van der Waals surface area contributed by atoms with Gasteiger partial charge in [0.15, 0.2) is 0 Å². The Morgan fingerprint density at radius 1 is 1.33 bits per heavy atom. The lowest BCUT2D eigenvalue weighted by Crippen LogP contribution is -2.04. The van der Waals surface area contributed by atoms with Crippen molar-refractivity contribution in [3.8, 4) is 11.5 Å². The third-order valence-corrected chi connectivity index (χ3v) is 2.50. The Morgan fingerprint density at radius 3 is 2.73 bits per heavy atom. The summed E-state index contributed by atoms with van der Waals surface area (Å²) in [6.45, 7) is 4.90. The second-order valence-corrected chi connectivity index (χ2v) is 3.77. The molecule has 0 atom stereocenters. The van der Waals surface area contributed by atoms with Crippen molar-refractivity contribution in [3.05, 3.63) is 35.2 Å². The summed E-state index contributed by atoms with van der Waals surface area (Å²) < 4.78 is 5.56. The molecule has 3 heteroatoms. The van der Waals surface area contributed by atoms with Crippen LogP contribution in [0.3, 0.4) is 0 Å². The highest BCUT2D eigenvalue weighted by molar-refractivity contribution is 5.55. The Labute approximate surface area is 89.5 Å². The first-order valence-electron chi connectivity index (χ1n) is 5.10. The van der Waals surface area contributed by atoms with E-state index in [4.69, 9.17) is 4.42 Å². The Bertz CT molecular complexity index is 454. The van der Waals surface area contributed by atoms with Crippen molar-refractivity contribution in [1.29, 1.82) is 0 Å². The van der Waals surface area contributed by atoms with E-state index in [1.165, 1.54) is 11.3 Å². The lowest BCUT2D eigenvalue weighted by atomic mass is 10.2. The van der Waals surface area contributed by atoms with Crippen molar-refractivity contribution in [1.82, 2.24) is 10.3 Å². The van der Waals surface area contributed by atoms with Crippen LogP contribution in [0.25, 0.3) is 11.5 Å². The van der Waals surface area contributed by atoms with Crippen molar-refractivity contribution < 1.29 is 4.42 Å². The number of hydrogen-bond donors (Lipinski definition) is 2. The zero-order valence-corrected chi connectivity index (χ0v) is 9.35. The smallest absolute Gasteiger partial charge is 0.150 e. The lowest BCUT2D eigenvalue weighted by molar-refractivity contribution is 0.546. The highest BCUT2D eigenvalue weighted by atomic mass is 16.3. The molecule has 2 aromatic heterocycles. The number of nitrogens with one attached hydrogen (secondary N) is 2. The average molecular weight is 204 g/mol. The van der Waals surface area contributed by atoms with E-state index in [-0.39, 0.29) is 0 Å². The molecule has 0 saturated heterocycles. The third kappa shape index (κ3) is 1.97. The van der Waals surface area contributed by atoms with Crippen LogP contribution in [-0.2, 0) is 6.54 Å². The molecule has 0 aliphatic heterocycles. The van der Waals surface area contributed by atoms with E-state index in [9.17, 15) is 0 Å². The molecule has 15 heavy (non-hydrogen) atoms. The lowest BCUT2D eigenvalue weighted by Gasteiger charge is -1.95. The predicted molar refractivity (Wildman–Crippen MR) is 60.7 cm³/mol. The SMILES string of the molecule is CNCc1cc(-c2ccc(C)o2)[nH]c1C. The summed E-state index contributed by atoms with van der Waals surface area (Å²) in [6, 6.07) is 6.09. The van der Waals surface area contributed by atoms with Crippen molar-refractivity contribution in [2.24, 2.45) is 0 Å². The highest BCUT2D eigenvalue weighted by Crippen LogP contribution is 2.23. The van der Waals surface area contributed by atoms with Gasteiger partial charge in [0.1, 0.15) is 11.5 Å². The van der Waals surface area contributed by atoms with E-state index in [1.54, 1.807) is 0 Å². The minimum Gasteiger partial charge on any atom is -0.460 e. The topological polar surface area (TPSA) is 41.0 Å². The summed E-state index contributed by atoms with van der Waals surface area (Å²) >= 11 is 0. The number of aromatic nitrogens is 1. The third-order valence-electron chi connectivity index (χ3n) is 2.50. The van der Waals surface area contributed by atoms with E-state index >= 15 is 0 Å². The molecule has 0 radical (unpaired) electrons. The molecule has 2 N–H and O–H groups in total. The van der Waals surface area contributed by atoms with Gasteiger partial charge in [-0.15, -0.1) is 0 Å². The summed E-state index contributed by atoms with van der Waals surface area (Å²) in [5.74, 6) is 1.84. The molecule has 0 bridgehead atoms. The molecule has 0 fully saturated rings. The van der Waals surface area contributed by atoms with Crippen molar-refractivity contribution in [2.45, 2.75) is 20.4 Å². The molecule has 80 valence electrons. The van der Waals surface area contributed by atoms with E-state index in [1.807, 2.05) is 26.1 Å². The van der Waals surface area contributed by atoms with Crippen LogP contribution in [0.1, 0.15) is 17.0 Å². The highest BCUT2D eigenvalue weighted by Gasteiger charge is 2.08. The van der Waals surface area contributed by atoms with Crippen molar-refractivity contribution in [2.75, 3.05) is 7.05 Å². The van der Waals surface area contributed by atoms with Gasteiger partial charge in [-0.1, -0.05) is 0 Å². The minimum absolute atomic E-state index is 0.877. The molecule has 2 aromatic rings. The first-order valence-corrected chi connectivity index (χ1v) is 5.10. The van der Waals surface area contributed by atoms with Crippen LogP contribution in [0.4, 0.5) is 0 Å². The molecule has 0 aliphatic rings. The van der Waals surface area contributed by atoms with Gasteiger partial charge in [0.25, 0.3) is 0 Å². The number of H-pyrrole nitrogens is 1. The molecular weight excluding hydrogens is 188 g/mol. The van der Waals surface area contributed by atoms with E-state index in [0.29, 0.717) is 0 Å². The van der Waals surface area contributed by atoms with Crippen molar-refractivity contribution >= 4 is 0 Å². The molecule has 0 saturated carbocycles. The van der Waals surface area contributed by atoms with E-state index in [2.05, 4.69) is 23.3 Å². The normalized spacial score (nSPS) is 10.9. The Morgan fingerprint density at radius 2 is 2.13 bits per heavy atom. The van der Waals surface area contributed by atoms with Crippen LogP contribution < -0.4 is 5.32 Å². The fraction of sp³-hybridized carbons (Fsp3) is 0.333. The van der Waals surface area contributed by atoms with Gasteiger partial charge in [-0.3, -0.25) is 0 Å². The molecule has 2 rings (SSSR count). The largest absolute Gasteiger partial charge is 0.460 e. The molecular formula is C12H16N2O. The number of aromatic amines is 1. The summed E-state index contributed by atoms with van der Waals surface area (Å²) in [5, 5.41) is 3.14. The molecule has 2 heterocycles. The summed E-state index contributed by atoms with van der Waals surface area (Å²) in [5.41, 5.74) is 3.51. The second-order valence-electron chi connectivity index (χ2n) is 3.77. The monoisotopic (exact) mass is 204 g/mol. The van der Waals surface area contributed by atoms with Gasteiger partial charge in [0.2, 0.25) is 0 Å². The maximum Gasteiger partial charge on any atom is 0.150 e. The quantitative estimate of drug-likeness (QED) is 0.806. The van der Waals surface area contributed by atoms with Crippen molar-refractivity contribution in [3.63, 3.8) is 0 Å².